The molecular formula is C26H29NO4. The lowest BCUT2D eigenvalue weighted by atomic mass is 9.53. The summed E-state index contributed by atoms with van der Waals surface area (Å²) in [5, 5.41) is 3.24. The number of amides is 1. The summed E-state index contributed by atoms with van der Waals surface area (Å²) in [7, 11) is 0. The third-order valence-corrected chi connectivity index (χ3v) is 7.12. The fourth-order valence-corrected chi connectivity index (χ4v) is 6.24. The van der Waals surface area contributed by atoms with Gasteiger partial charge >= 0.3 is 5.97 Å². The highest BCUT2D eigenvalue weighted by Crippen LogP contribution is 2.55. The minimum atomic E-state index is -0.490. The number of esters is 1. The second kappa shape index (κ2) is 8.37. The summed E-state index contributed by atoms with van der Waals surface area (Å²) in [5.74, 6) is 2.29. The minimum Gasteiger partial charge on any atom is -0.489 e. The monoisotopic (exact) mass is 419 g/mol. The van der Waals surface area contributed by atoms with Crippen LogP contribution in [-0.2, 0) is 16.1 Å². The normalized spacial score (nSPS) is 28.2. The second-order valence-electron chi connectivity index (χ2n) is 9.62. The number of carbonyl (C=O) groups is 2. The number of benzene rings is 2. The lowest BCUT2D eigenvalue weighted by molar-refractivity contribution is -0.130. The highest BCUT2D eigenvalue weighted by molar-refractivity contribution is 5.91. The van der Waals surface area contributed by atoms with Crippen LogP contribution in [0.15, 0.2) is 54.6 Å². The molecule has 2 aromatic carbocycles. The molecule has 4 fully saturated rings. The van der Waals surface area contributed by atoms with Crippen LogP contribution in [0.4, 0.5) is 0 Å². The van der Waals surface area contributed by atoms with Gasteiger partial charge in [0.25, 0.3) is 5.91 Å². The molecule has 0 unspecified atom stereocenters. The van der Waals surface area contributed by atoms with Gasteiger partial charge in [0.05, 0.1) is 5.56 Å². The second-order valence-corrected chi connectivity index (χ2v) is 9.62. The van der Waals surface area contributed by atoms with Crippen molar-refractivity contribution in [2.45, 2.75) is 50.7 Å². The summed E-state index contributed by atoms with van der Waals surface area (Å²) in [4.78, 5) is 24.9. The van der Waals surface area contributed by atoms with Gasteiger partial charge in [0.15, 0.2) is 6.61 Å². The van der Waals surface area contributed by atoms with Crippen molar-refractivity contribution < 1.29 is 19.1 Å². The summed E-state index contributed by atoms with van der Waals surface area (Å²) in [6.07, 6.45) is 7.24. The molecule has 0 atom stereocenters. The maximum atomic E-state index is 12.5. The molecule has 4 aliphatic carbocycles. The van der Waals surface area contributed by atoms with E-state index in [0.29, 0.717) is 17.9 Å². The smallest absolute Gasteiger partial charge is 0.338 e. The predicted molar refractivity (Wildman–Crippen MR) is 117 cm³/mol. The van der Waals surface area contributed by atoms with E-state index in [0.717, 1.165) is 42.6 Å². The molecule has 5 heteroatoms. The standard InChI is InChI=1S/C26H29NO4/c28-24(27-26-13-19-10-20(14-26)12-21(11-19)15-26)17-31-25(29)22-6-8-23(9-7-22)30-16-18-4-2-1-3-5-18/h1-9,19-21H,10-17H2,(H,27,28). The van der Waals surface area contributed by atoms with Gasteiger partial charge in [0.2, 0.25) is 0 Å². The SMILES string of the molecule is O=C(COC(=O)c1ccc(OCc2ccccc2)cc1)NC12CC3CC(CC(C3)C1)C2. The molecule has 31 heavy (non-hydrogen) atoms. The Bertz CT molecular complexity index is 902. The molecule has 0 saturated heterocycles. The number of hydrogen-bond donors (Lipinski definition) is 1. The lowest BCUT2D eigenvalue weighted by Gasteiger charge is -2.56. The number of rotatable bonds is 7. The Balaban J connectivity index is 1.10. The summed E-state index contributed by atoms with van der Waals surface area (Å²) >= 11 is 0. The third-order valence-electron chi connectivity index (χ3n) is 7.12. The molecule has 162 valence electrons. The molecule has 2 aromatic rings. The molecule has 4 aliphatic rings. The topological polar surface area (TPSA) is 64.6 Å². The first-order valence-electron chi connectivity index (χ1n) is 11.3. The van der Waals surface area contributed by atoms with Crippen molar-refractivity contribution in [3.63, 3.8) is 0 Å². The van der Waals surface area contributed by atoms with Crippen molar-refractivity contribution >= 4 is 11.9 Å². The van der Waals surface area contributed by atoms with E-state index >= 15 is 0 Å². The van der Waals surface area contributed by atoms with Crippen LogP contribution in [-0.4, -0.2) is 24.0 Å². The van der Waals surface area contributed by atoms with Crippen LogP contribution < -0.4 is 10.1 Å². The lowest BCUT2D eigenvalue weighted by Crippen LogP contribution is -2.60. The van der Waals surface area contributed by atoms with Gasteiger partial charge in [-0.3, -0.25) is 4.79 Å². The van der Waals surface area contributed by atoms with E-state index in [1.54, 1.807) is 24.3 Å². The van der Waals surface area contributed by atoms with E-state index in [1.165, 1.54) is 19.3 Å². The first-order valence-corrected chi connectivity index (χ1v) is 11.3. The summed E-state index contributed by atoms with van der Waals surface area (Å²) in [5.41, 5.74) is 1.43. The Hall–Kier alpha value is -2.82. The van der Waals surface area contributed by atoms with E-state index in [9.17, 15) is 9.59 Å². The van der Waals surface area contributed by atoms with E-state index < -0.39 is 5.97 Å². The molecule has 6 rings (SSSR count). The van der Waals surface area contributed by atoms with Crippen molar-refractivity contribution in [1.82, 2.24) is 5.32 Å². The summed E-state index contributed by atoms with van der Waals surface area (Å²) in [6.45, 7) is 0.238. The number of nitrogens with one attached hydrogen (secondary N) is 1. The van der Waals surface area contributed by atoms with Crippen LogP contribution in [0.2, 0.25) is 0 Å². The molecule has 0 spiro atoms. The zero-order valence-corrected chi connectivity index (χ0v) is 17.7. The maximum Gasteiger partial charge on any atom is 0.338 e. The first-order chi connectivity index (χ1) is 15.1. The van der Waals surface area contributed by atoms with Crippen molar-refractivity contribution in [3.05, 3.63) is 65.7 Å². The highest BCUT2D eigenvalue weighted by atomic mass is 16.5. The van der Waals surface area contributed by atoms with E-state index in [4.69, 9.17) is 9.47 Å². The largest absolute Gasteiger partial charge is 0.489 e. The summed E-state index contributed by atoms with van der Waals surface area (Å²) in [6, 6.07) is 16.7. The van der Waals surface area contributed by atoms with Crippen LogP contribution in [0, 0.1) is 17.8 Å². The molecular weight excluding hydrogens is 390 g/mol. The third kappa shape index (κ3) is 4.60. The van der Waals surface area contributed by atoms with Crippen LogP contribution in [0.25, 0.3) is 0 Å². The average molecular weight is 420 g/mol. The number of carbonyl (C=O) groups excluding carboxylic acids is 2. The van der Waals surface area contributed by atoms with E-state index in [2.05, 4.69) is 5.32 Å². The fraction of sp³-hybridized carbons (Fsp3) is 0.462. The number of ether oxygens (including phenoxy) is 2. The average Bonchev–Trinajstić information content (AvgIpc) is 2.76. The van der Waals surface area contributed by atoms with Gasteiger partial charge in [-0.2, -0.15) is 0 Å². The highest BCUT2D eigenvalue weighted by Gasteiger charge is 2.51. The molecule has 1 N–H and O–H groups in total. The maximum absolute atomic E-state index is 12.5. The zero-order chi connectivity index (χ0) is 21.3. The van der Waals surface area contributed by atoms with Crippen LogP contribution in [0.1, 0.15) is 54.4 Å². The molecule has 0 aromatic heterocycles. The van der Waals surface area contributed by atoms with Crippen molar-refractivity contribution in [1.29, 1.82) is 0 Å². The summed E-state index contributed by atoms with van der Waals surface area (Å²) < 4.78 is 11.0. The van der Waals surface area contributed by atoms with Gasteiger partial charge < -0.3 is 14.8 Å². The molecule has 4 saturated carbocycles. The quantitative estimate of drug-likeness (QED) is 0.671. The van der Waals surface area contributed by atoms with Gasteiger partial charge in [-0.25, -0.2) is 4.79 Å². The Kier molecular flexibility index (Phi) is 5.43. The van der Waals surface area contributed by atoms with E-state index in [1.807, 2.05) is 30.3 Å². The van der Waals surface area contributed by atoms with Gasteiger partial charge in [-0.1, -0.05) is 30.3 Å². The van der Waals surface area contributed by atoms with Crippen molar-refractivity contribution in [2.24, 2.45) is 17.8 Å². The van der Waals surface area contributed by atoms with E-state index in [-0.39, 0.29) is 18.1 Å². The molecule has 0 heterocycles. The van der Waals surface area contributed by atoms with Crippen molar-refractivity contribution in [2.75, 3.05) is 6.61 Å². The fourth-order valence-electron chi connectivity index (χ4n) is 6.24. The van der Waals surface area contributed by atoms with Crippen LogP contribution in [0.5, 0.6) is 5.75 Å². The van der Waals surface area contributed by atoms with Gasteiger partial charge in [-0.05, 0) is 86.1 Å². The molecule has 0 aliphatic heterocycles. The molecule has 4 bridgehead atoms. The Morgan fingerprint density at radius 2 is 1.48 bits per heavy atom. The van der Waals surface area contributed by atoms with Crippen LogP contribution >= 0.6 is 0 Å². The Morgan fingerprint density at radius 1 is 0.871 bits per heavy atom. The molecule has 5 nitrogen and oxygen atoms in total. The first kappa shape index (κ1) is 20.1. The van der Waals surface area contributed by atoms with Gasteiger partial charge in [0.1, 0.15) is 12.4 Å². The van der Waals surface area contributed by atoms with Crippen LogP contribution in [0.3, 0.4) is 0 Å². The van der Waals surface area contributed by atoms with Gasteiger partial charge in [-0.15, -0.1) is 0 Å². The Labute approximate surface area is 183 Å². The molecule has 1 amide bonds. The van der Waals surface area contributed by atoms with Gasteiger partial charge in [0, 0.05) is 5.54 Å². The zero-order valence-electron chi connectivity index (χ0n) is 17.7. The number of hydrogen-bond acceptors (Lipinski definition) is 4. The minimum absolute atomic E-state index is 0.0595. The van der Waals surface area contributed by atoms with Crippen molar-refractivity contribution in [3.8, 4) is 5.75 Å². The molecule has 0 radical (unpaired) electrons. The predicted octanol–water partition coefficient (Wildman–Crippen LogP) is 4.51. The Morgan fingerprint density at radius 3 is 2.10 bits per heavy atom.